The molecule has 2 unspecified atom stereocenters. The van der Waals surface area contributed by atoms with Crippen molar-refractivity contribution in [3.05, 3.63) is 0 Å². The zero-order valence-corrected chi connectivity index (χ0v) is 19.2. The van der Waals surface area contributed by atoms with Crippen molar-refractivity contribution < 1.29 is 25.2 Å². The summed E-state index contributed by atoms with van der Waals surface area (Å²) in [5.74, 6) is -0.151. The summed E-state index contributed by atoms with van der Waals surface area (Å²) in [7, 11) is -7.40. The largest absolute Gasteiger partial charge is 0.270 e. The first kappa shape index (κ1) is 26.8. The van der Waals surface area contributed by atoms with E-state index in [2.05, 4.69) is 13.8 Å². The summed E-state index contributed by atoms with van der Waals surface area (Å²) in [4.78, 5) is 0. The second kappa shape index (κ2) is 14.8. The topological polar surface area (TPSA) is 86.7 Å². The van der Waals surface area contributed by atoms with Crippen molar-refractivity contribution in [3.63, 3.8) is 0 Å². The first-order valence-electron chi connectivity index (χ1n) is 10.4. The van der Waals surface area contributed by atoms with Crippen LogP contribution in [-0.4, -0.2) is 41.6 Å². The smallest absolute Gasteiger partial charge is 0.267 e. The lowest BCUT2D eigenvalue weighted by Gasteiger charge is -2.15. The Morgan fingerprint density at radius 1 is 0.630 bits per heavy atom. The van der Waals surface area contributed by atoms with E-state index in [1.807, 2.05) is 13.8 Å². The third-order valence-electron chi connectivity index (χ3n) is 4.84. The van der Waals surface area contributed by atoms with Gasteiger partial charge in [0.05, 0.1) is 24.7 Å². The van der Waals surface area contributed by atoms with Crippen LogP contribution >= 0.6 is 0 Å². The molecule has 0 saturated carbocycles. The first-order valence-corrected chi connectivity index (χ1v) is 13.6. The minimum atomic E-state index is -3.70. The Morgan fingerprint density at radius 3 is 1.30 bits per heavy atom. The van der Waals surface area contributed by atoms with Crippen molar-refractivity contribution in [2.75, 3.05) is 24.7 Å². The molecule has 0 aliphatic carbocycles. The molecule has 2 atom stereocenters. The Kier molecular flexibility index (Phi) is 14.7. The van der Waals surface area contributed by atoms with Crippen LogP contribution in [0.3, 0.4) is 0 Å². The summed E-state index contributed by atoms with van der Waals surface area (Å²) in [5, 5.41) is 0. The van der Waals surface area contributed by atoms with Gasteiger partial charge in [-0.25, -0.2) is 0 Å². The van der Waals surface area contributed by atoms with Gasteiger partial charge in [0.1, 0.15) is 0 Å². The van der Waals surface area contributed by atoms with Crippen LogP contribution in [0.2, 0.25) is 0 Å². The molecule has 0 bridgehead atoms. The van der Waals surface area contributed by atoms with Gasteiger partial charge in [0.25, 0.3) is 20.2 Å². The van der Waals surface area contributed by atoms with Gasteiger partial charge in [0, 0.05) is 0 Å². The van der Waals surface area contributed by atoms with Crippen molar-refractivity contribution in [1.29, 1.82) is 0 Å². The standard InChI is InChI=1S/C19H40O6S2/c1-5-9-12-18(7-3)16-24-26(20,21)14-11-15-27(22,23)25-17-19(8-4)13-10-6-2/h18-19H,5-17H2,1-4H3. The highest BCUT2D eigenvalue weighted by Gasteiger charge is 2.19. The number of hydrogen-bond donors (Lipinski definition) is 0. The maximum Gasteiger partial charge on any atom is 0.267 e. The third-order valence-corrected chi connectivity index (χ3v) is 7.41. The second-order valence-electron chi connectivity index (χ2n) is 7.28. The maximum atomic E-state index is 12.0. The van der Waals surface area contributed by atoms with E-state index in [4.69, 9.17) is 8.37 Å². The third kappa shape index (κ3) is 14.5. The van der Waals surface area contributed by atoms with E-state index in [0.717, 1.165) is 51.4 Å². The van der Waals surface area contributed by atoms with Gasteiger partial charge < -0.3 is 0 Å². The summed E-state index contributed by atoms with van der Waals surface area (Å²) in [6, 6.07) is 0. The molecular weight excluding hydrogens is 388 g/mol. The van der Waals surface area contributed by atoms with E-state index < -0.39 is 20.2 Å². The molecule has 0 fully saturated rings. The minimum absolute atomic E-state index is 0.0117. The average molecular weight is 429 g/mol. The van der Waals surface area contributed by atoms with Crippen molar-refractivity contribution in [2.45, 2.75) is 85.5 Å². The number of hydrogen-bond acceptors (Lipinski definition) is 6. The van der Waals surface area contributed by atoms with Gasteiger partial charge in [-0.3, -0.25) is 8.37 Å². The fraction of sp³-hybridized carbons (Fsp3) is 1.00. The lowest BCUT2D eigenvalue weighted by Crippen LogP contribution is -2.21. The quantitative estimate of drug-likeness (QED) is 0.299. The van der Waals surface area contributed by atoms with Gasteiger partial charge in [0.2, 0.25) is 0 Å². The van der Waals surface area contributed by atoms with Crippen LogP contribution in [0.4, 0.5) is 0 Å². The zero-order valence-electron chi connectivity index (χ0n) is 17.6. The van der Waals surface area contributed by atoms with Crippen molar-refractivity contribution in [1.82, 2.24) is 0 Å². The predicted molar refractivity (Wildman–Crippen MR) is 111 cm³/mol. The van der Waals surface area contributed by atoms with E-state index in [1.54, 1.807) is 0 Å². The molecule has 8 heteroatoms. The molecule has 27 heavy (non-hydrogen) atoms. The number of unbranched alkanes of at least 4 members (excludes halogenated alkanes) is 2. The Morgan fingerprint density at radius 2 is 1.00 bits per heavy atom. The monoisotopic (exact) mass is 428 g/mol. The Hall–Kier alpha value is -0.180. The highest BCUT2D eigenvalue weighted by atomic mass is 32.2. The van der Waals surface area contributed by atoms with Crippen LogP contribution in [0.25, 0.3) is 0 Å². The molecule has 6 nitrogen and oxygen atoms in total. The lowest BCUT2D eigenvalue weighted by atomic mass is 10.0. The molecule has 0 radical (unpaired) electrons. The summed E-state index contributed by atoms with van der Waals surface area (Å²) >= 11 is 0. The second-order valence-corrected chi connectivity index (χ2v) is 10.8. The molecule has 164 valence electrons. The highest BCUT2D eigenvalue weighted by molar-refractivity contribution is 7.87. The molecule has 0 saturated heterocycles. The van der Waals surface area contributed by atoms with E-state index in [1.165, 1.54) is 0 Å². The summed E-state index contributed by atoms with van der Waals surface area (Å²) < 4.78 is 58.1. The molecular formula is C19H40O6S2. The molecule has 0 N–H and O–H groups in total. The Labute approximate surface area is 167 Å². The van der Waals surface area contributed by atoms with E-state index >= 15 is 0 Å². The predicted octanol–water partition coefficient (Wildman–Crippen LogP) is 4.50. The van der Waals surface area contributed by atoms with Crippen molar-refractivity contribution in [2.24, 2.45) is 11.8 Å². The summed E-state index contributed by atoms with van der Waals surface area (Å²) in [6.07, 6.45) is 7.85. The molecule has 0 aromatic heterocycles. The van der Waals surface area contributed by atoms with Crippen LogP contribution in [0.1, 0.15) is 85.5 Å². The average Bonchev–Trinajstić information content (AvgIpc) is 2.61. The Balaban J connectivity index is 4.25. The van der Waals surface area contributed by atoms with Crippen molar-refractivity contribution in [3.8, 4) is 0 Å². The maximum absolute atomic E-state index is 12.0. The van der Waals surface area contributed by atoms with Gasteiger partial charge in [-0.15, -0.1) is 0 Å². The molecule has 0 aliphatic rings. The van der Waals surface area contributed by atoms with Gasteiger partial charge in [-0.1, -0.05) is 66.2 Å². The zero-order chi connectivity index (χ0) is 20.8. The van der Waals surface area contributed by atoms with Gasteiger partial charge in [0.15, 0.2) is 0 Å². The first-order chi connectivity index (χ1) is 12.7. The Bertz CT molecular complexity index is 507. The fourth-order valence-electron chi connectivity index (χ4n) is 2.73. The van der Waals surface area contributed by atoms with E-state index in [0.29, 0.717) is 0 Å². The summed E-state index contributed by atoms with van der Waals surface area (Å²) in [5.41, 5.74) is 0. The van der Waals surface area contributed by atoms with Crippen LogP contribution < -0.4 is 0 Å². The minimum Gasteiger partial charge on any atom is -0.270 e. The molecule has 0 heterocycles. The van der Waals surface area contributed by atoms with E-state index in [9.17, 15) is 16.8 Å². The highest BCUT2D eigenvalue weighted by Crippen LogP contribution is 2.16. The van der Waals surface area contributed by atoms with Gasteiger partial charge in [-0.05, 0) is 31.1 Å². The van der Waals surface area contributed by atoms with Crippen LogP contribution in [0, 0.1) is 11.8 Å². The molecule has 0 rings (SSSR count). The normalized spacial score (nSPS) is 15.0. The SMILES string of the molecule is CCCCC(CC)COS(=O)(=O)CCCS(=O)(=O)OCC(CC)CCCC. The lowest BCUT2D eigenvalue weighted by molar-refractivity contribution is 0.237. The number of rotatable bonds is 18. The molecule has 0 aliphatic heterocycles. The van der Waals surface area contributed by atoms with E-state index in [-0.39, 0.29) is 43.0 Å². The van der Waals surface area contributed by atoms with Crippen LogP contribution in [-0.2, 0) is 28.6 Å². The van der Waals surface area contributed by atoms with Gasteiger partial charge in [-0.2, -0.15) is 16.8 Å². The molecule has 0 aromatic rings. The van der Waals surface area contributed by atoms with Crippen molar-refractivity contribution >= 4 is 20.2 Å². The summed E-state index contributed by atoms with van der Waals surface area (Å²) in [6.45, 7) is 8.59. The fourth-order valence-corrected chi connectivity index (χ4v) is 4.94. The molecule has 0 spiro atoms. The molecule has 0 aromatic carbocycles. The van der Waals surface area contributed by atoms with Crippen LogP contribution in [0.5, 0.6) is 0 Å². The van der Waals surface area contributed by atoms with Gasteiger partial charge >= 0.3 is 0 Å². The van der Waals surface area contributed by atoms with Crippen LogP contribution in [0.15, 0.2) is 0 Å². The molecule has 0 amide bonds.